The molecule has 3 atom stereocenters. The molecule has 0 radical (unpaired) electrons. The van der Waals surface area contributed by atoms with Crippen LogP contribution in [0.15, 0.2) is 222 Å². The van der Waals surface area contributed by atoms with Crippen molar-refractivity contribution in [3.8, 4) is 17.2 Å². The van der Waals surface area contributed by atoms with Crippen LogP contribution in [0.4, 0.5) is 5.13 Å². The predicted molar refractivity (Wildman–Crippen MR) is 359 cm³/mol. The number of thioether (sulfide) groups is 1. The van der Waals surface area contributed by atoms with Crippen LogP contribution in [0.3, 0.4) is 0 Å². The maximum Gasteiger partial charge on any atom is 0.356 e. The molecule has 2 N–H and O–H groups in total. The van der Waals surface area contributed by atoms with Gasteiger partial charge in [0.2, 0.25) is 0 Å². The average Bonchev–Trinajstić information content (AvgIpc) is 1.22. The van der Waals surface area contributed by atoms with E-state index in [-0.39, 0.29) is 85.1 Å². The van der Waals surface area contributed by atoms with Crippen LogP contribution in [0, 0.1) is 0 Å². The first-order chi connectivity index (χ1) is 46.1. The van der Waals surface area contributed by atoms with E-state index >= 15 is 9.59 Å². The molecule has 0 saturated carbocycles. The monoisotopic (exact) mass is 1350 g/mol. The largest absolute Gasteiger partial charge is 0.497 e. The maximum atomic E-state index is 15.5. The molecule has 0 spiro atoms. The minimum Gasteiger partial charge on any atom is -0.497 e. The molecule has 8 aromatic rings. The Morgan fingerprint density at radius 2 is 1.31 bits per heavy atom. The van der Waals surface area contributed by atoms with E-state index in [9.17, 15) is 9.59 Å². The molecule has 94 heavy (non-hydrogen) atoms. The van der Waals surface area contributed by atoms with Crippen molar-refractivity contribution >= 4 is 80.9 Å². The second-order valence-electron chi connectivity index (χ2n) is 20.9. The van der Waals surface area contributed by atoms with Crippen LogP contribution in [0.2, 0.25) is 5.02 Å². The van der Waals surface area contributed by atoms with Crippen LogP contribution in [0.1, 0.15) is 56.8 Å². The summed E-state index contributed by atoms with van der Waals surface area (Å²) in [7, 11) is 4.63. The minimum atomic E-state index is -1.88. The van der Waals surface area contributed by atoms with Crippen molar-refractivity contribution in [2.45, 2.75) is 35.8 Å². The zero-order chi connectivity index (χ0) is 65.7. The summed E-state index contributed by atoms with van der Waals surface area (Å²) in [5.74, 6) is -2.27. The normalized spacial score (nSPS) is 15.0. The molecule has 2 amide bonds. The van der Waals surface area contributed by atoms with E-state index in [1.807, 2.05) is 152 Å². The molecule has 0 aliphatic carbocycles. The van der Waals surface area contributed by atoms with E-state index < -0.39 is 58.6 Å². The fourth-order valence-corrected chi connectivity index (χ4v) is 12.9. The predicted octanol–water partition coefficient (Wildman–Crippen LogP) is 12.2. The SMILES string of the molecule is COCCOCOc1ccc(C(ON=C(C(=O)N[C@H]2C(=O)N3C(C(=O)OCc4ccc(OC)cc4)=C(/C=C\CCl)CSC23)c2csc(NC(c3ccccc3)(c3ccccc3)c3ccccc3)n2)C(=O)OC(c2ccccc2)c2ccccc2)c(Cl)c1OCOCCOC. The topological polar surface area (TPSA) is 213 Å². The fourth-order valence-electron chi connectivity index (χ4n) is 10.4. The Labute approximate surface area is 562 Å². The van der Waals surface area contributed by atoms with Gasteiger partial charge in [-0.3, -0.25) is 14.5 Å². The highest BCUT2D eigenvalue weighted by atomic mass is 35.5. The molecule has 2 aliphatic rings. The molecule has 1 aromatic heterocycles. The van der Waals surface area contributed by atoms with Gasteiger partial charge in [0.1, 0.15) is 40.7 Å². The highest BCUT2D eigenvalue weighted by Gasteiger charge is 2.55. The lowest BCUT2D eigenvalue weighted by Gasteiger charge is -2.49. The van der Waals surface area contributed by atoms with Gasteiger partial charge in [0, 0.05) is 36.8 Å². The van der Waals surface area contributed by atoms with Gasteiger partial charge in [-0.25, -0.2) is 14.6 Å². The van der Waals surface area contributed by atoms with Gasteiger partial charge in [0.25, 0.3) is 17.9 Å². The highest BCUT2D eigenvalue weighted by molar-refractivity contribution is 8.00. The summed E-state index contributed by atoms with van der Waals surface area (Å²) in [5, 5.41) is 12.2. The molecule has 2 unspecified atom stereocenters. The Bertz CT molecular complexity index is 3770. The number of nitrogens with one attached hydrogen (secondary N) is 2. The summed E-state index contributed by atoms with van der Waals surface area (Å²) in [6.07, 6.45) is 0.465. The number of amides is 2. The number of aromatic nitrogens is 1. The van der Waals surface area contributed by atoms with Crippen LogP contribution in [-0.4, -0.2) is 124 Å². The Morgan fingerprint density at radius 1 is 0.734 bits per heavy atom. The molecule has 0 bridgehead atoms. The molecule has 1 fully saturated rings. The third kappa shape index (κ3) is 16.3. The van der Waals surface area contributed by atoms with Gasteiger partial charge in [0.05, 0.1) is 38.6 Å². The summed E-state index contributed by atoms with van der Waals surface area (Å²) in [4.78, 5) is 72.7. The summed E-state index contributed by atoms with van der Waals surface area (Å²) in [6.45, 7) is 0.249. The van der Waals surface area contributed by atoms with Gasteiger partial charge in [-0.1, -0.05) is 193 Å². The molecule has 23 heteroatoms. The van der Waals surface area contributed by atoms with Crippen LogP contribution in [-0.2, 0) is 64.6 Å². The van der Waals surface area contributed by atoms with E-state index in [1.54, 1.807) is 56.0 Å². The lowest BCUT2D eigenvalue weighted by Crippen LogP contribution is -2.71. The van der Waals surface area contributed by atoms with Gasteiger partial charge in [-0.15, -0.1) is 34.7 Å². The number of halogens is 2. The van der Waals surface area contributed by atoms with Crippen molar-refractivity contribution in [3.05, 3.63) is 267 Å². The summed E-state index contributed by atoms with van der Waals surface area (Å²) in [6, 6.07) is 56.6. The quantitative estimate of drug-likeness (QED) is 0.00572. The third-order valence-electron chi connectivity index (χ3n) is 15.0. The number of carbonyl (C=O) groups is 4. The highest BCUT2D eigenvalue weighted by Crippen LogP contribution is 2.45. The number of β-lactam (4-membered cyclic amide) rings is 1. The van der Waals surface area contributed by atoms with Gasteiger partial charge >= 0.3 is 11.9 Å². The van der Waals surface area contributed by atoms with Crippen molar-refractivity contribution in [2.75, 3.05) is 78.3 Å². The first-order valence-electron chi connectivity index (χ1n) is 29.7. The number of oxime groups is 1. The zero-order valence-electron chi connectivity index (χ0n) is 51.4. The van der Waals surface area contributed by atoms with E-state index in [0.717, 1.165) is 16.7 Å². The van der Waals surface area contributed by atoms with E-state index in [2.05, 4.69) is 15.8 Å². The van der Waals surface area contributed by atoms with Crippen molar-refractivity contribution in [1.29, 1.82) is 0 Å². The molecule has 486 valence electrons. The van der Waals surface area contributed by atoms with Crippen LogP contribution >= 0.6 is 46.3 Å². The Kier molecular flexibility index (Phi) is 24.3. The summed E-state index contributed by atoms with van der Waals surface area (Å²) < 4.78 is 51.4. The molecule has 2 aliphatic heterocycles. The molecule has 1 saturated heterocycles. The molecule has 3 heterocycles. The third-order valence-corrected chi connectivity index (χ3v) is 17.6. The minimum absolute atomic E-state index is 0.00256. The second-order valence-corrected chi connectivity index (χ2v) is 23.6. The van der Waals surface area contributed by atoms with Crippen molar-refractivity contribution in [1.82, 2.24) is 15.2 Å². The molecule has 10 rings (SSSR count). The summed E-state index contributed by atoms with van der Waals surface area (Å²) >= 11 is 15.9. The van der Waals surface area contributed by atoms with Gasteiger partial charge in [-0.05, 0) is 63.2 Å². The molecule has 19 nitrogen and oxygen atoms in total. The van der Waals surface area contributed by atoms with Crippen molar-refractivity contribution in [3.63, 3.8) is 0 Å². The number of hydrogen-bond acceptors (Lipinski definition) is 19. The number of carbonyl (C=O) groups excluding carboxylic acids is 4. The summed E-state index contributed by atoms with van der Waals surface area (Å²) in [5.41, 5.74) is 3.46. The number of esters is 2. The molecule has 7 aromatic carbocycles. The zero-order valence-corrected chi connectivity index (χ0v) is 54.6. The number of rotatable bonds is 33. The Hall–Kier alpha value is -9.03. The number of fused-ring (bicyclic) bond motifs is 1. The fraction of sp³-hybridized carbons (Fsp3) is 0.239. The van der Waals surface area contributed by atoms with E-state index in [1.165, 1.54) is 47.2 Å². The second kappa shape index (κ2) is 33.7. The number of ether oxygens (including phenoxy) is 9. The lowest BCUT2D eigenvalue weighted by molar-refractivity contribution is -0.162. The van der Waals surface area contributed by atoms with Gasteiger partial charge < -0.3 is 58.1 Å². The number of hydrogen-bond donors (Lipinski definition) is 2. The number of thiazole rings is 1. The van der Waals surface area contributed by atoms with E-state index in [0.29, 0.717) is 39.8 Å². The first-order valence-corrected chi connectivity index (χ1v) is 32.6. The smallest absolute Gasteiger partial charge is 0.356 e. The van der Waals surface area contributed by atoms with Gasteiger partial charge in [0.15, 0.2) is 42.0 Å². The van der Waals surface area contributed by atoms with Crippen molar-refractivity contribution in [2.24, 2.45) is 5.16 Å². The lowest BCUT2D eigenvalue weighted by atomic mass is 9.77. The number of anilines is 1. The van der Waals surface area contributed by atoms with Crippen LogP contribution in [0.25, 0.3) is 0 Å². The van der Waals surface area contributed by atoms with Gasteiger partial charge in [-0.2, -0.15) is 0 Å². The van der Waals surface area contributed by atoms with Crippen molar-refractivity contribution < 1.29 is 66.6 Å². The number of alkyl halides is 1. The number of nitrogens with zero attached hydrogens (tertiary/aromatic N) is 3. The number of benzene rings is 7. The maximum absolute atomic E-state index is 15.5. The van der Waals surface area contributed by atoms with Crippen LogP contribution < -0.4 is 24.8 Å². The Morgan fingerprint density at radius 3 is 1.87 bits per heavy atom. The first kappa shape index (κ1) is 67.8. The standard InChI is InChI=1S/C71H67Cl2N5O14S2/c1-83-38-40-86-45-89-57-36-35-55(58(73)64(57)90-46-87-41-39-84-2)63(69(82)91-62(48-20-9-4-10-21-48)49-22-11-5-12-23-49)92-77-59(56-44-94-70(74-56)76-71(51-25-13-6-14-26-51,52-27-15-7-16-28-52)53-29-17-8-18-30-53)65(79)75-60-66(80)78-61(50(24-19-37-72)43-93-67(60)78)68(81)88-42-47-31-33-54(85-3)34-32-47/h4-36,44,60,62-63,67H,37-43,45-46H2,1-3H3,(H,74,76)(H,75,79)/b24-19-,77-59?/t60-,63?,67?/m0/s1. The number of allylic oxidation sites excluding steroid dienone is 2. The average molecular weight is 1350 g/mol. The number of methoxy groups -OCH3 is 3. The van der Waals surface area contributed by atoms with Crippen LogP contribution in [0.5, 0.6) is 17.2 Å². The molecular weight excluding hydrogens is 1280 g/mol. The Balaban J connectivity index is 1.06. The molecular formula is C71H67Cl2N5O14S2. The van der Waals surface area contributed by atoms with E-state index in [4.69, 9.17) is 75.7 Å².